The summed E-state index contributed by atoms with van der Waals surface area (Å²) in [6.45, 7) is 17.7. The normalized spacial score (nSPS) is 29.2. The van der Waals surface area contributed by atoms with Gasteiger partial charge in [-0.25, -0.2) is 15.0 Å². The number of hydrogen-bond donors (Lipinski definition) is 2. The van der Waals surface area contributed by atoms with Gasteiger partial charge in [-0.3, -0.25) is 4.57 Å². The van der Waals surface area contributed by atoms with E-state index in [0.717, 1.165) is 0 Å². The molecular formula is C22H39N5O5Si2. The monoisotopic (exact) mass is 509 g/mol. The Hall–Kier alpha value is -1.42. The van der Waals surface area contributed by atoms with Crippen LogP contribution in [-0.2, 0) is 17.7 Å². The number of nitrogens with two attached hydrogens (primary N) is 1. The second-order valence-corrected chi connectivity index (χ2v) is 19.5. The summed E-state index contributed by atoms with van der Waals surface area (Å²) < 4.78 is 29.0. The third kappa shape index (κ3) is 3.92. The Balaban J connectivity index is 1.77. The second-order valence-electron chi connectivity index (χ2n) is 10.7. The van der Waals surface area contributed by atoms with Gasteiger partial charge in [0.2, 0.25) is 0 Å². The van der Waals surface area contributed by atoms with Crippen LogP contribution in [-0.4, -0.2) is 66.7 Å². The van der Waals surface area contributed by atoms with Crippen LogP contribution in [0.4, 0.5) is 5.82 Å². The van der Waals surface area contributed by atoms with Crippen LogP contribution in [0.2, 0.25) is 22.2 Å². The molecule has 10 nitrogen and oxygen atoms in total. The van der Waals surface area contributed by atoms with Crippen LogP contribution < -0.4 is 5.73 Å². The fourth-order valence-electron chi connectivity index (χ4n) is 5.42. The molecular weight excluding hydrogens is 470 g/mol. The number of hydrogen-bond acceptors (Lipinski definition) is 9. The van der Waals surface area contributed by atoms with Gasteiger partial charge >= 0.3 is 17.1 Å². The number of nitrogen functional groups attached to an aromatic ring is 1. The zero-order chi connectivity index (χ0) is 25.0. The van der Waals surface area contributed by atoms with Crippen molar-refractivity contribution in [3.05, 3.63) is 12.7 Å². The van der Waals surface area contributed by atoms with Crippen LogP contribution in [0.1, 0.15) is 61.6 Å². The van der Waals surface area contributed by atoms with Crippen molar-refractivity contribution < 1.29 is 22.8 Å². The second kappa shape index (κ2) is 9.23. The minimum atomic E-state index is -2.86. The topological polar surface area (TPSA) is 127 Å². The summed E-state index contributed by atoms with van der Waals surface area (Å²) in [5, 5.41) is 11.5. The highest BCUT2D eigenvalue weighted by atomic mass is 28.5. The number of imidazole rings is 1. The molecule has 3 N–H and O–H groups in total. The summed E-state index contributed by atoms with van der Waals surface area (Å²) in [5.41, 5.74) is 7.73. The van der Waals surface area contributed by atoms with Gasteiger partial charge in [0.15, 0.2) is 17.7 Å². The van der Waals surface area contributed by atoms with Crippen molar-refractivity contribution in [1.82, 2.24) is 19.5 Å². The summed E-state index contributed by atoms with van der Waals surface area (Å²) >= 11 is 0. The lowest BCUT2D eigenvalue weighted by Crippen LogP contribution is -2.65. The van der Waals surface area contributed by atoms with Gasteiger partial charge in [-0.2, -0.15) is 0 Å². The number of aliphatic hydroxyl groups is 1. The molecule has 0 aromatic carbocycles. The lowest BCUT2D eigenvalue weighted by molar-refractivity contribution is -0.0570. The van der Waals surface area contributed by atoms with E-state index in [1.54, 1.807) is 10.9 Å². The van der Waals surface area contributed by atoms with E-state index in [0.29, 0.717) is 17.8 Å². The number of aromatic nitrogens is 4. The van der Waals surface area contributed by atoms with E-state index in [9.17, 15) is 5.11 Å². The van der Waals surface area contributed by atoms with E-state index < -0.39 is 41.7 Å². The zero-order valence-electron chi connectivity index (χ0n) is 21.4. The maximum atomic E-state index is 11.5. The first-order chi connectivity index (χ1) is 15.9. The molecule has 0 radical (unpaired) electrons. The van der Waals surface area contributed by atoms with Gasteiger partial charge in [-0.1, -0.05) is 55.4 Å². The molecule has 4 atom stereocenters. The molecule has 2 aromatic heterocycles. The van der Waals surface area contributed by atoms with E-state index in [1.807, 2.05) is 0 Å². The van der Waals surface area contributed by atoms with E-state index in [1.165, 1.54) is 6.33 Å². The number of fused-ring (bicyclic) bond motifs is 2. The van der Waals surface area contributed by atoms with Crippen LogP contribution in [0.5, 0.6) is 0 Å². The van der Waals surface area contributed by atoms with Crippen LogP contribution in [0.3, 0.4) is 0 Å². The van der Waals surface area contributed by atoms with Crippen molar-refractivity contribution >= 4 is 34.1 Å². The molecule has 2 aliphatic heterocycles. The fourth-order valence-corrected chi connectivity index (χ4v) is 16.6. The molecule has 2 aromatic rings. The average Bonchev–Trinajstić information content (AvgIpc) is 3.29. The molecule has 4 rings (SSSR count). The Morgan fingerprint density at radius 1 is 0.971 bits per heavy atom. The largest absolute Gasteiger partial charge is 0.414 e. The van der Waals surface area contributed by atoms with E-state index >= 15 is 0 Å². The number of aliphatic hydroxyl groups excluding tert-OH is 1. The molecule has 2 fully saturated rings. The third-order valence-corrected chi connectivity index (χ3v) is 17.6. The maximum absolute atomic E-state index is 11.5. The number of nitrogens with zero attached hydrogens (tertiary/aromatic N) is 4. The third-order valence-electron chi connectivity index (χ3n) is 7.30. The fraction of sp³-hybridized carbons (Fsp3) is 0.773. The van der Waals surface area contributed by atoms with Crippen LogP contribution in [0.15, 0.2) is 12.7 Å². The molecule has 0 aliphatic carbocycles. The SMILES string of the molecule is CC(C)[Si]1(C(C)C)OC[C@H]2O[C@@H](n3cnc4c(N)ncnc43)[C@H](O)[C@@H]2O[Si](C(C)C)(C(C)C)O1. The molecule has 0 bridgehead atoms. The van der Waals surface area contributed by atoms with E-state index in [-0.39, 0.29) is 28.0 Å². The van der Waals surface area contributed by atoms with Crippen LogP contribution >= 0.6 is 0 Å². The highest BCUT2D eigenvalue weighted by Crippen LogP contribution is 2.48. The van der Waals surface area contributed by atoms with Gasteiger partial charge in [0.05, 0.1) is 12.9 Å². The highest BCUT2D eigenvalue weighted by molar-refractivity contribution is 6.83. The van der Waals surface area contributed by atoms with Crippen molar-refractivity contribution in [2.24, 2.45) is 0 Å². The molecule has 34 heavy (non-hydrogen) atoms. The molecule has 2 saturated heterocycles. The van der Waals surface area contributed by atoms with Gasteiger partial charge in [0.25, 0.3) is 0 Å². The molecule has 0 unspecified atom stereocenters. The van der Waals surface area contributed by atoms with Gasteiger partial charge in [0.1, 0.15) is 30.2 Å². The highest BCUT2D eigenvalue weighted by Gasteiger charge is 2.61. The van der Waals surface area contributed by atoms with Gasteiger partial charge in [-0.15, -0.1) is 0 Å². The number of ether oxygens (including phenoxy) is 1. The quantitative estimate of drug-likeness (QED) is 0.581. The molecule has 4 heterocycles. The first-order valence-electron chi connectivity index (χ1n) is 12.2. The standard InChI is InChI=1S/C22H39N5O5Si2/c1-12(2)33(13(3)4)29-9-16-19(31-34(32-33,14(5)6)15(7)8)18(28)22(30-16)27-11-26-17-20(23)24-10-25-21(17)27/h10-16,18-19,22,28H,9H2,1-8H3,(H2,23,24,25)/t16-,18-,19-,22-/m1/s1. The van der Waals surface area contributed by atoms with Crippen LogP contribution in [0, 0.1) is 0 Å². The molecule has 12 heteroatoms. The molecule has 0 amide bonds. The van der Waals surface area contributed by atoms with E-state index in [2.05, 4.69) is 70.3 Å². The maximum Gasteiger partial charge on any atom is 0.335 e. The average molecular weight is 510 g/mol. The minimum Gasteiger partial charge on any atom is -0.414 e. The van der Waals surface area contributed by atoms with Gasteiger partial charge in [0, 0.05) is 0 Å². The Morgan fingerprint density at radius 3 is 2.18 bits per heavy atom. The number of rotatable bonds is 5. The minimum absolute atomic E-state index is 0.159. The summed E-state index contributed by atoms with van der Waals surface area (Å²) in [5.74, 6) is 0.283. The smallest absolute Gasteiger partial charge is 0.335 e. The summed E-state index contributed by atoms with van der Waals surface area (Å²) in [7, 11) is -5.54. The Bertz CT molecular complexity index is 1000. The molecule has 0 spiro atoms. The first kappa shape index (κ1) is 25.7. The Morgan fingerprint density at radius 2 is 1.59 bits per heavy atom. The van der Waals surface area contributed by atoms with Gasteiger partial charge in [-0.05, 0) is 22.2 Å². The van der Waals surface area contributed by atoms with Crippen LogP contribution in [0.25, 0.3) is 11.2 Å². The Labute approximate surface area is 203 Å². The summed E-state index contributed by atoms with van der Waals surface area (Å²) in [6, 6.07) is 0. The first-order valence-corrected chi connectivity index (χ1v) is 16.2. The van der Waals surface area contributed by atoms with Crippen molar-refractivity contribution in [2.75, 3.05) is 12.3 Å². The van der Waals surface area contributed by atoms with Crippen molar-refractivity contribution in [1.29, 1.82) is 0 Å². The lowest BCUT2D eigenvalue weighted by Gasteiger charge is -2.51. The zero-order valence-corrected chi connectivity index (χ0v) is 23.4. The number of anilines is 1. The molecule has 0 saturated carbocycles. The predicted molar refractivity (Wildman–Crippen MR) is 133 cm³/mol. The summed E-state index contributed by atoms with van der Waals surface area (Å²) in [4.78, 5) is 12.7. The summed E-state index contributed by atoms with van der Waals surface area (Å²) in [6.07, 6.45) is 0.225. The van der Waals surface area contributed by atoms with Crippen molar-refractivity contribution in [3.8, 4) is 0 Å². The molecule has 190 valence electrons. The van der Waals surface area contributed by atoms with E-state index in [4.69, 9.17) is 23.4 Å². The molecule has 2 aliphatic rings. The Kier molecular flexibility index (Phi) is 6.97. The van der Waals surface area contributed by atoms with Crippen molar-refractivity contribution in [2.45, 2.75) is 102 Å². The predicted octanol–water partition coefficient (Wildman–Crippen LogP) is 3.62. The lowest BCUT2D eigenvalue weighted by atomic mass is 10.1. The van der Waals surface area contributed by atoms with Gasteiger partial charge < -0.3 is 28.5 Å². The van der Waals surface area contributed by atoms with Crippen molar-refractivity contribution in [3.63, 3.8) is 0 Å².